The molecule has 7 nitrogen and oxygen atoms in total. The zero-order valence-electron chi connectivity index (χ0n) is 17.8. The SMILES string of the molecule is C=C(N)COCC(F)(F)[C@@](N)(CC)c1cc(NC(=O)c2[nH]nc(CC)c2C)ccc1F. The van der Waals surface area contributed by atoms with Gasteiger partial charge in [0.25, 0.3) is 11.8 Å². The highest BCUT2D eigenvalue weighted by Gasteiger charge is 2.52. The summed E-state index contributed by atoms with van der Waals surface area (Å²) in [6, 6.07) is 3.36. The average molecular weight is 439 g/mol. The predicted molar refractivity (Wildman–Crippen MR) is 112 cm³/mol. The Labute approximate surface area is 179 Å². The third kappa shape index (κ3) is 5.08. The van der Waals surface area contributed by atoms with Crippen LogP contribution in [-0.4, -0.2) is 35.2 Å². The number of amides is 1. The molecule has 1 aromatic carbocycles. The van der Waals surface area contributed by atoms with Crippen molar-refractivity contribution >= 4 is 11.6 Å². The number of halogens is 3. The number of nitrogens with two attached hydrogens (primary N) is 2. The van der Waals surface area contributed by atoms with E-state index in [9.17, 15) is 18.0 Å². The summed E-state index contributed by atoms with van der Waals surface area (Å²) in [5.41, 5.74) is 10.4. The second-order valence-corrected chi connectivity index (χ2v) is 7.35. The highest BCUT2D eigenvalue weighted by molar-refractivity contribution is 6.04. The summed E-state index contributed by atoms with van der Waals surface area (Å²) in [4.78, 5) is 12.6. The van der Waals surface area contributed by atoms with Gasteiger partial charge in [-0.3, -0.25) is 9.89 Å². The van der Waals surface area contributed by atoms with E-state index in [1.54, 1.807) is 6.92 Å². The molecule has 170 valence electrons. The van der Waals surface area contributed by atoms with Gasteiger partial charge in [0.1, 0.15) is 23.7 Å². The van der Waals surface area contributed by atoms with E-state index in [0.717, 1.165) is 17.8 Å². The topological polar surface area (TPSA) is 119 Å². The lowest BCUT2D eigenvalue weighted by Gasteiger charge is -2.37. The molecule has 0 saturated heterocycles. The molecule has 0 bridgehead atoms. The first-order valence-electron chi connectivity index (χ1n) is 9.79. The number of nitrogens with one attached hydrogen (secondary N) is 2. The Hall–Kier alpha value is -2.85. The molecule has 0 aliphatic heterocycles. The maximum absolute atomic E-state index is 15.0. The molecule has 1 amide bonds. The van der Waals surface area contributed by atoms with Gasteiger partial charge in [0.05, 0.1) is 12.3 Å². The number of H-pyrrole nitrogens is 1. The van der Waals surface area contributed by atoms with Gasteiger partial charge in [-0.25, -0.2) is 13.2 Å². The molecule has 2 rings (SSSR count). The van der Waals surface area contributed by atoms with E-state index in [0.29, 0.717) is 12.0 Å². The number of nitrogens with zero attached hydrogens (tertiary/aromatic N) is 1. The third-order valence-electron chi connectivity index (χ3n) is 5.16. The predicted octanol–water partition coefficient (Wildman–Crippen LogP) is 3.36. The van der Waals surface area contributed by atoms with Crippen LogP contribution < -0.4 is 16.8 Å². The van der Waals surface area contributed by atoms with E-state index >= 15 is 0 Å². The fraction of sp³-hybridized carbons (Fsp3) is 0.429. The van der Waals surface area contributed by atoms with Crippen molar-refractivity contribution in [3.63, 3.8) is 0 Å². The van der Waals surface area contributed by atoms with Crippen LogP contribution in [0.1, 0.15) is 47.6 Å². The number of carbonyl (C=O) groups is 1. The van der Waals surface area contributed by atoms with Crippen LogP contribution in [0.4, 0.5) is 18.9 Å². The summed E-state index contributed by atoms with van der Waals surface area (Å²) in [6.07, 6.45) is 0.345. The lowest BCUT2D eigenvalue weighted by molar-refractivity contribution is -0.131. The third-order valence-corrected chi connectivity index (χ3v) is 5.16. The molecule has 0 unspecified atom stereocenters. The van der Waals surface area contributed by atoms with Crippen molar-refractivity contribution in [1.82, 2.24) is 10.2 Å². The number of aromatic nitrogens is 2. The first-order valence-corrected chi connectivity index (χ1v) is 9.79. The Balaban J connectivity index is 2.33. The van der Waals surface area contributed by atoms with Gasteiger partial charge in [-0.15, -0.1) is 0 Å². The molecule has 31 heavy (non-hydrogen) atoms. The van der Waals surface area contributed by atoms with Gasteiger partial charge in [-0.2, -0.15) is 5.10 Å². The Morgan fingerprint density at radius 1 is 1.35 bits per heavy atom. The Kier molecular flexibility index (Phi) is 7.50. The molecular weight excluding hydrogens is 411 g/mol. The molecular formula is C21H28F3N5O2. The maximum Gasteiger partial charge on any atom is 0.292 e. The van der Waals surface area contributed by atoms with Gasteiger partial charge >= 0.3 is 0 Å². The molecule has 1 aromatic heterocycles. The second-order valence-electron chi connectivity index (χ2n) is 7.35. The Morgan fingerprint density at radius 3 is 2.58 bits per heavy atom. The van der Waals surface area contributed by atoms with Crippen LogP contribution in [0.3, 0.4) is 0 Å². The highest BCUT2D eigenvalue weighted by Crippen LogP contribution is 2.40. The van der Waals surface area contributed by atoms with E-state index < -0.39 is 35.4 Å². The van der Waals surface area contributed by atoms with Gasteiger partial charge in [-0.05, 0) is 38.0 Å². The van der Waals surface area contributed by atoms with E-state index in [2.05, 4.69) is 22.1 Å². The van der Waals surface area contributed by atoms with Crippen molar-refractivity contribution in [2.45, 2.75) is 45.1 Å². The van der Waals surface area contributed by atoms with Gasteiger partial charge < -0.3 is 21.5 Å². The van der Waals surface area contributed by atoms with Crippen LogP contribution in [-0.2, 0) is 16.7 Å². The molecule has 0 aliphatic rings. The second kappa shape index (κ2) is 9.52. The number of hydrogen-bond donors (Lipinski definition) is 4. The van der Waals surface area contributed by atoms with Crippen LogP contribution in [0, 0.1) is 12.7 Å². The lowest BCUT2D eigenvalue weighted by atomic mass is 9.81. The lowest BCUT2D eigenvalue weighted by Crippen LogP contribution is -2.55. The summed E-state index contributed by atoms with van der Waals surface area (Å²) in [5.74, 6) is -5.08. The van der Waals surface area contributed by atoms with Crippen LogP contribution >= 0.6 is 0 Å². The quantitative estimate of drug-likeness (QED) is 0.453. The van der Waals surface area contributed by atoms with Gasteiger partial charge in [0.2, 0.25) is 0 Å². The normalized spacial score (nSPS) is 13.6. The molecule has 0 spiro atoms. The number of aromatic amines is 1. The largest absolute Gasteiger partial charge is 0.401 e. The van der Waals surface area contributed by atoms with Crippen molar-refractivity contribution in [3.8, 4) is 0 Å². The fourth-order valence-corrected chi connectivity index (χ4v) is 3.22. The summed E-state index contributed by atoms with van der Waals surface area (Å²) in [7, 11) is 0. The Morgan fingerprint density at radius 2 is 2.03 bits per heavy atom. The fourth-order valence-electron chi connectivity index (χ4n) is 3.22. The molecule has 1 heterocycles. The first-order chi connectivity index (χ1) is 14.5. The molecule has 2 aromatic rings. The monoisotopic (exact) mass is 439 g/mol. The minimum atomic E-state index is -3.63. The highest BCUT2D eigenvalue weighted by atomic mass is 19.3. The van der Waals surface area contributed by atoms with E-state index in [4.69, 9.17) is 16.2 Å². The zero-order valence-corrected chi connectivity index (χ0v) is 17.8. The van der Waals surface area contributed by atoms with E-state index in [-0.39, 0.29) is 30.1 Å². The van der Waals surface area contributed by atoms with Crippen LogP contribution in [0.5, 0.6) is 0 Å². The molecule has 0 fully saturated rings. The average Bonchev–Trinajstić information content (AvgIpc) is 3.08. The van der Waals surface area contributed by atoms with Crippen molar-refractivity contribution in [2.75, 3.05) is 18.5 Å². The van der Waals surface area contributed by atoms with Crippen LogP contribution in [0.15, 0.2) is 30.5 Å². The van der Waals surface area contributed by atoms with Crippen LogP contribution in [0.2, 0.25) is 0 Å². The van der Waals surface area contributed by atoms with Crippen molar-refractivity contribution in [1.29, 1.82) is 0 Å². The van der Waals surface area contributed by atoms with E-state index in [1.165, 1.54) is 13.0 Å². The zero-order chi connectivity index (χ0) is 23.4. The number of carbonyl (C=O) groups excluding carboxylic acids is 1. The number of rotatable bonds is 10. The molecule has 0 radical (unpaired) electrons. The molecule has 0 saturated carbocycles. The van der Waals surface area contributed by atoms with Crippen LogP contribution in [0.25, 0.3) is 0 Å². The molecule has 1 atom stereocenters. The Bertz CT molecular complexity index is 960. The summed E-state index contributed by atoms with van der Waals surface area (Å²) < 4.78 is 49.4. The summed E-state index contributed by atoms with van der Waals surface area (Å²) in [5, 5.41) is 9.29. The number of alkyl halides is 2. The van der Waals surface area contributed by atoms with Crippen molar-refractivity contribution in [3.05, 3.63) is 58.8 Å². The number of aryl methyl sites for hydroxylation is 1. The number of hydrogen-bond acceptors (Lipinski definition) is 5. The summed E-state index contributed by atoms with van der Waals surface area (Å²) >= 11 is 0. The first kappa shape index (κ1) is 24.4. The molecule has 6 N–H and O–H groups in total. The minimum Gasteiger partial charge on any atom is -0.401 e. The van der Waals surface area contributed by atoms with Crippen molar-refractivity contribution in [2.24, 2.45) is 11.5 Å². The minimum absolute atomic E-state index is 0.0751. The van der Waals surface area contributed by atoms with E-state index in [1.807, 2.05) is 6.92 Å². The van der Waals surface area contributed by atoms with Gasteiger partial charge in [0, 0.05) is 22.5 Å². The van der Waals surface area contributed by atoms with Crippen molar-refractivity contribution < 1.29 is 22.7 Å². The van der Waals surface area contributed by atoms with Gasteiger partial charge in [0.15, 0.2) is 0 Å². The number of anilines is 1. The number of benzene rings is 1. The smallest absolute Gasteiger partial charge is 0.292 e. The molecule has 0 aliphatic carbocycles. The van der Waals surface area contributed by atoms with Gasteiger partial charge in [-0.1, -0.05) is 20.4 Å². The molecule has 10 heteroatoms. The maximum atomic E-state index is 15.0. The number of ether oxygens (including phenoxy) is 1. The summed E-state index contributed by atoms with van der Waals surface area (Å²) in [6.45, 7) is 7.08. The standard InChI is InChI=1S/C21H28F3N5O2/c1-5-17-13(4)18(29-28-17)19(30)27-14-7-8-16(22)15(9-14)20(26,6-2)21(23,24)11-31-10-12(3)25/h7-9H,3,5-6,10-11,25-26H2,1-2,4H3,(H,27,30)(H,28,29)/t20-/m1/s1.